The van der Waals surface area contributed by atoms with Gasteiger partial charge in [0.15, 0.2) is 0 Å². The maximum atomic E-state index is 12.0. The molecular weight excluding hydrogens is 310 g/mol. The summed E-state index contributed by atoms with van der Waals surface area (Å²) >= 11 is 6.66. The SMILES string of the molecule is O=C(O)C1(CNS(=O)(=O)c2ccc(Cl)s2)CCCC1. The van der Waals surface area contributed by atoms with Crippen LogP contribution >= 0.6 is 22.9 Å². The predicted molar refractivity (Wildman–Crippen MR) is 73.1 cm³/mol. The second-order valence-electron chi connectivity index (χ2n) is 4.68. The summed E-state index contributed by atoms with van der Waals surface area (Å²) in [7, 11) is -3.68. The predicted octanol–water partition coefficient (Wildman–Crippen LogP) is 2.32. The molecule has 2 rings (SSSR count). The zero-order valence-corrected chi connectivity index (χ0v) is 12.4. The number of thiophene rings is 1. The van der Waals surface area contributed by atoms with Crippen LogP contribution in [0, 0.1) is 5.41 Å². The fraction of sp³-hybridized carbons (Fsp3) is 0.545. The Morgan fingerprint density at radius 1 is 1.42 bits per heavy atom. The molecule has 106 valence electrons. The van der Waals surface area contributed by atoms with Gasteiger partial charge < -0.3 is 5.11 Å². The summed E-state index contributed by atoms with van der Waals surface area (Å²) in [5.41, 5.74) is -0.964. The lowest BCUT2D eigenvalue weighted by atomic mass is 9.87. The van der Waals surface area contributed by atoms with Gasteiger partial charge in [-0.05, 0) is 25.0 Å². The van der Waals surface area contributed by atoms with Crippen molar-refractivity contribution in [3.05, 3.63) is 16.5 Å². The summed E-state index contributed by atoms with van der Waals surface area (Å²) in [6, 6.07) is 2.92. The number of aliphatic carboxylic acids is 1. The third-order valence-electron chi connectivity index (χ3n) is 3.43. The minimum Gasteiger partial charge on any atom is -0.481 e. The van der Waals surface area contributed by atoms with Gasteiger partial charge in [-0.1, -0.05) is 24.4 Å². The molecule has 1 saturated carbocycles. The highest BCUT2D eigenvalue weighted by molar-refractivity contribution is 7.91. The minimum absolute atomic E-state index is 0.0693. The van der Waals surface area contributed by atoms with Crippen LogP contribution in [0.1, 0.15) is 25.7 Å². The van der Waals surface area contributed by atoms with Crippen LogP contribution in [-0.4, -0.2) is 26.0 Å². The van der Waals surface area contributed by atoms with Crippen LogP contribution in [0.4, 0.5) is 0 Å². The smallest absolute Gasteiger partial charge is 0.310 e. The quantitative estimate of drug-likeness (QED) is 0.871. The van der Waals surface area contributed by atoms with Gasteiger partial charge in [0, 0.05) is 6.54 Å². The van der Waals surface area contributed by atoms with Crippen LogP contribution in [0.3, 0.4) is 0 Å². The monoisotopic (exact) mass is 323 g/mol. The topological polar surface area (TPSA) is 83.5 Å². The number of hydrogen-bond acceptors (Lipinski definition) is 4. The van der Waals surface area contributed by atoms with Crippen LogP contribution in [0.15, 0.2) is 16.3 Å². The number of sulfonamides is 1. The maximum absolute atomic E-state index is 12.0. The summed E-state index contributed by atoms with van der Waals surface area (Å²) in [6.07, 6.45) is 2.66. The van der Waals surface area contributed by atoms with Gasteiger partial charge in [0.05, 0.1) is 9.75 Å². The summed E-state index contributed by atoms with van der Waals surface area (Å²) in [4.78, 5) is 11.3. The van der Waals surface area contributed by atoms with E-state index in [9.17, 15) is 18.3 Å². The first-order chi connectivity index (χ1) is 8.86. The third-order valence-corrected chi connectivity index (χ3v) is 6.55. The molecule has 0 atom stereocenters. The first-order valence-corrected chi connectivity index (χ1v) is 8.52. The third kappa shape index (κ3) is 3.10. The molecule has 0 aliphatic heterocycles. The summed E-state index contributed by atoms with van der Waals surface area (Å²) < 4.78 is 26.9. The molecule has 0 saturated heterocycles. The number of rotatable bonds is 5. The molecule has 8 heteroatoms. The lowest BCUT2D eigenvalue weighted by Gasteiger charge is -2.23. The molecule has 0 bridgehead atoms. The van der Waals surface area contributed by atoms with E-state index in [0.717, 1.165) is 24.2 Å². The first kappa shape index (κ1) is 14.8. The van der Waals surface area contributed by atoms with E-state index >= 15 is 0 Å². The van der Waals surface area contributed by atoms with Crippen molar-refractivity contribution in [3.8, 4) is 0 Å². The van der Waals surface area contributed by atoms with Gasteiger partial charge in [0.25, 0.3) is 0 Å². The second-order valence-corrected chi connectivity index (χ2v) is 8.38. The van der Waals surface area contributed by atoms with Crippen LogP contribution < -0.4 is 4.72 Å². The van der Waals surface area contributed by atoms with E-state index in [4.69, 9.17) is 11.6 Å². The minimum atomic E-state index is -3.68. The van der Waals surface area contributed by atoms with Crippen LogP contribution in [0.5, 0.6) is 0 Å². The van der Waals surface area contributed by atoms with Gasteiger partial charge in [-0.25, -0.2) is 13.1 Å². The van der Waals surface area contributed by atoms with Crippen molar-refractivity contribution in [2.45, 2.75) is 29.9 Å². The van der Waals surface area contributed by atoms with Crippen molar-refractivity contribution in [1.82, 2.24) is 4.72 Å². The zero-order valence-electron chi connectivity index (χ0n) is 10.1. The lowest BCUT2D eigenvalue weighted by Crippen LogP contribution is -2.41. The number of carboxylic acids is 1. The Hall–Kier alpha value is -0.630. The van der Waals surface area contributed by atoms with Gasteiger partial charge in [-0.15, -0.1) is 11.3 Å². The molecule has 0 spiro atoms. The molecule has 0 radical (unpaired) electrons. The van der Waals surface area contributed by atoms with E-state index < -0.39 is 21.4 Å². The number of nitrogens with one attached hydrogen (secondary N) is 1. The van der Waals surface area contributed by atoms with Crippen molar-refractivity contribution in [2.24, 2.45) is 5.41 Å². The number of carbonyl (C=O) groups is 1. The largest absolute Gasteiger partial charge is 0.481 e. The molecule has 1 aliphatic rings. The Labute approximate surface area is 120 Å². The molecule has 2 N–H and O–H groups in total. The molecule has 1 heterocycles. The fourth-order valence-electron chi connectivity index (χ4n) is 2.26. The van der Waals surface area contributed by atoms with Gasteiger partial charge in [-0.3, -0.25) is 4.79 Å². The number of hydrogen-bond donors (Lipinski definition) is 2. The van der Waals surface area contributed by atoms with E-state index in [-0.39, 0.29) is 10.8 Å². The Bertz CT molecular complexity index is 575. The Morgan fingerprint density at radius 2 is 2.05 bits per heavy atom. The first-order valence-electron chi connectivity index (χ1n) is 5.84. The van der Waals surface area contributed by atoms with Gasteiger partial charge in [0.2, 0.25) is 10.0 Å². The van der Waals surface area contributed by atoms with E-state index in [1.807, 2.05) is 0 Å². The number of carboxylic acid groups (broad SMARTS) is 1. The van der Waals surface area contributed by atoms with E-state index in [0.29, 0.717) is 17.2 Å². The molecule has 0 amide bonds. The Balaban J connectivity index is 2.11. The van der Waals surface area contributed by atoms with Crippen molar-refractivity contribution < 1.29 is 18.3 Å². The molecule has 1 aromatic rings. The molecule has 0 unspecified atom stereocenters. The van der Waals surface area contributed by atoms with Crippen LogP contribution in [-0.2, 0) is 14.8 Å². The average Bonchev–Trinajstić information content (AvgIpc) is 2.96. The standard InChI is InChI=1S/C11H14ClNO4S2/c12-8-3-4-9(18-8)19(16,17)13-7-11(10(14)15)5-1-2-6-11/h3-4,13H,1-2,5-7H2,(H,14,15). The fourth-order valence-corrected chi connectivity index (χ4v) is 4.92. The maximum Gasteiger partial charge on any atom is 0.310 e. The van der Waals surface area contributed by atoms with Crippen molar-refractivity contribution >= 4 is 38.9 Å². The lowest BCUT2D eigenvalue weighted by molar-refractivity contribution is -0.148. The van der Waals surface area contributed by atoms with E-state index in [1.165, 1.54) is 12.1 Å². The molecular formula is C11H14ClNO4S2. The normalized spacial score (nSPS) is 18.6. The zero-order chi connectivity index (χ0) is 14.1. The molecule has 5 nitrogen and oxygen atoms in total. The molecule has 1 aliphatic carbocycles. The van der Waals surface area contributed by atoms with Gasteiger partial charge >= 0.3 is 5.97 Å². The number of halogens is 1. The highest BCUT2D eigenvalue weighted by atomic mass is 35.5. The summed E-state index contributed by atoms with van der Waals surface area (Å²) in [5, 5.41) is 9.28. The van der Waals surface area contributed by atoms with Crippen molar-refractivity contribution in [1.29, 1.82) is 0 Å². The molecule has 0 aromatic carbocycles. The Kier molecular flexibility index (Phi) is 4.20. The van der Waals surface area contributed by atoms with Crippen LogP contribution in [0.25, 0.3) is 0 Å². The van der Waals surface area contributed by atoms with E-state index in [2.05, 4.69) is 4.72 Å². The van der Waals surface area contributed by atoms with Crippen molar-refractivity contribution in [3.63, 3.8) is 0 Å². The van der Waals surface area contributed by atoms with Gasteiger partial charge in [-0.2, -0.15) is 0 Å². The van der Waals surface area contributed by atoms with Crippen molar-refractivity contribution in [2.75, 3.05) is 6.54 Å². The average molecular weight is 324 g/mol. The highest BCUT2D eigenvalue weighted by Gasteiger charge is 2.42. The second kappa shape index (κ2) is 5.40. The molecule has 19 heavy (non-hydrogen) atoms. The highest BCUT2D eigenvalue weighted by Crippen LogP contribution is 2.38. The Morgan fingerprint density at radius 3 is 2.53 bits per heavy atom. The molecule has 1 aromatic heterocycles. The van der Waals surface area contributed by atoms with Crippen LogP contribution in [0.2, 0.25) is 4.34 Å². The molecule has 1 fully saturated rings. The summed E-state index contributed by atoms with van der Waals surface area (Å²) in [5.74, 6) is -0.933. The van der Waals surface area contributed by atoms with Gasteiger partial charge in [0.1, 0.15) is 4.21 Å². The van der Waals surface area contributed by atoms with E-state index in [1.54, 1.807) is 0 Å². The summed E-state index contributed by atoms with van der Waals surface area (Å²) in [6.45, 7) is -0.0693.